The van der Waals surface area contributed by atoms with Gasteiger partial charge in [0.25, 0.3) is 0 Å². The first-order valence-corrected chi connectivity index (χ1v) is 17.5. The minimum atomic E-state index is -0.488. The molecule has 1 unspecified atom stereocenters. The number of rotatable bonds is 30. The Bertz CT molecular complexity index is 540. The lowest BCUT2D eigenvalue weighted by Crippen LogP contribution is -2.19. The summed E-state index contributed by atoms with van der Waals surface area (Å²) in [4.78, 5) is 24.9. The van der Waals surface area contributed by atoms with Crippen LogP contribution in [-0.2, 0) is 19.1 Å². The monoisotopic (exact) mass is 569 g/mol. The quantitative estimate of drug-likeness (QED) is 0.0689. The third-order valence-corrected chi connectivity index (χ3v) is 7.95. The fourth-order valence-electron chi connectivity index (χ4n) is 5.32. The maximum Gasteiger partial charge on any atom is 0.306 e. The van der Waals surface area contributed by atoms with Crippen molar-refractivity contribution in [3.63, 3.8) is 0 Å². The van der Waals surface area contributed by atoms with Gasteiger partial charge in [0, 0.05) is 12.8 Å². The van der Waals surface area contributed by atoms with Crippen molar-refractivity contribution in [2.45, 2.75) is 213 Å². The number of esters is 2. The molecule has 0 aliphatic heterocycles. The van der Waals surface area contributed by atoms with Crippen LogP contribution in [0, 0.1) is 0 Å². The predicted molar refractivity (Wildman–Crippen MR) is 169 cm³/mol. The molecule has 0 bridgehead atoms. The Kier molecular flexibility index (Phi) is 28.6. The fraction of sp³-hybridized carbons (Fsp3) is 0.943. The molecule has 0 aromatic rings. The summed E-state index contributed by atoms with van der Waals surface area (Å²) < 4.78 is 11.7. The summed E-state index contributed by atoms with van der Waals surface area (Å²) in [6.07, 6.45) is 25.8. The topological polar surface area (TPSA) is 72.8 Å². The van der Waals surface area contributed by atoms with E-state index in [0.29, 0.717) is 38.5 Å². The van der Waals surface area contributed by atoms with Crippen molar-refractivity contribution in [3.8, 4) is 0 Å². The van der Waals surface area contributed by atoms with E-state index < -0.39 is 6.10 Å². The lowest BCUT2D eigenvalue weighted by Gasteiger charge is -2.19. The van der Waals surface area contributed by atoms with Crippen LogP contribution in [0.4, 0.5) is 0 Å². The minimum absolute atomic E-state index is 0.0399. The van der Waals surface area contributed by atoms with E-state index in [2.05, 4.69) is 27.7 Å². The molecule has 0 rings (SSSR count). The number of aliphatic hydroxyl groups excluding tert-OH is 1. The number of unbranched alkanes of at least 4 members (excludes halogenated alkanes) is 12. The fourth-order valence-corrected chi connectivity index (χ4v) is 5.32. The van der Waals surface area contributed by atoms with E-state index >= 15 is 0 Å². The van der Waals surface area contributed by atoms with Crippen molar-refractivity contribution in [2.75, 3.05) is 0 Å². The van der Waals surface area contributed by atoms with Gasteiger partial charge in [0.05, 0.1) is 6.10 Å². The molecule has 238 valence electrons. The largest absolute Gasteiger partial charge is 0.462 e. The zero-order valence-electron chi connectivity index (χ0n) is 27.2. The van der Waals surface area contributed by atoms with Gasteiger partial charge in [-0.1, -0.05) is 105 Å². The second-order valence-corrected chi connectivity index (χ2v) is 12.1. The van der Waals surface area contributed by atoms with Crippen LogP contribution in [0.5, 0.6) is 0 Å². The molecule has 1 atom stereocenters. The molecule has 5 heteroatoms. The first kappa shape index (κ1) is 38.9. The number of carbonyl (C=O) groups excluding carboxylic acids is 2. The van der Waals surface area contributed by atoms with Crippen LogP contribution >= 0.6 is 0 Å². The van der Waals surface area contributed by atoms with E-state index in [1.165, 1.54) is 77.0 Å². The highest BCUT2D eigenvalue weighted by Crippen LogP contribution is 2.19. The number of aliphatic hydroxyl groups is 1. The van der Waals surface area contributed by atoms with E-state index in [9.17, 15) is 14.7 Å². The van der Waals surface area contributed by atoms with Crippen LogP contribution in [0.15, 0.2) is 0 Å². The van der Waals surface area contributed by atoms with Crippen LogP contribution in [0.1, 0.15) is 195 Å². The summed E-state index contributed by atoms with van der Waals surface area (Å²) in [5.74, 6) is -0.260. The van der Waals surface area contributed by atoms with Gasteiger partial charge >= 0.3 is 11.9 Å². The predicted octanol–water partition coefficient (Wildman–Crippen LogP) is 10.4. The highest BCUT2D eigenvalue weighted by Gasteiger charge is 2.17. The Morgan fingerprint density at radius 1 is 0.450 bits per heavy atom. The second-order valence-electron chi connectivity index (χ2n) is 12.1. The summed E-state index contributed by atoms with van der Waals surface area (Å²) >= 11 is 0. The number of ether oxygens (including phenoxy) is 2. The van der Waals surface area contributed by atoms with Crippen molar-refractivity contribution in [3.05, 3.63) is 0 Å². The average Bonchev–Trinajstić information content (AvgIpc) is 2.92. The molecule has 0 saturated carbocycles. The summed E-state index contributed by atoms with van der Waals surface area (Å²) in [6.45, 7) is 8.84. The first-order valence-electron chi connectivity index (χ1n) is 17.5. The van der Waals surface area contributed by atoms with Crippen molar-refractivity contribution < 1.29 is 24.2 Å². The molecule has 5 nitrogen and oxygen atoms in total. The summed E-state index contributed by atoms with van der Waals surface area (Å²) in [6, 6.07) is 0. The van der Waals surface area contributed by atoms with Crippen LogP contribution in [0.3, 0.4) is 0 Å². The lowest BCUT2D eigenvalue weighted by atomic mass is 10.0. The van der Waals surface area contributed by atoms with E-state index in [1.54, 1.807) is 0 Å². The number of hydrogen-bond donors (Lipinski definition) is 1. The van der Waals surface area contributed by atoms with Gasteiger partial charge in [0.15, 0.2) is 0 Å². The van der Waals surface area contributed by atoms with Gasteiger partial charge in [-0.05, 0) is 77.0 Å². The molecular formula is C35H68O5. The summed E-state index contributed by atoms with van der Waals surface area (Å²) in [5, 5.41) is 10.4. The normalized spacial score (nSPS) is 12.3. The van der Waals surface area contributed by atoms with Crippen molar-refractivity contribution in [2.24, 2.45) is 0 Å². The van der Waals surface area contributed by atoms with Gasteiger partial charge < -0.3 is 14.6 Å². The van der Waals surface area contributed by atoms with Gasteiger partial charge in [-0.15, -0.1) is 0 Å². The number of carbonyl (C=O) groups is 2. The lowest BCUT2D eigenvalue weighted by molar-refractivity contribution is -0.150. The third kappa shape index (κ3) is 25.8. The Morgan fingerprint density at radius 3 is 1.10 bits per heavy atom. The molecule has 0 spiro atoms. The molecule has 0 fully saturated rings. The molecule has 0 aliphatic carbocycles. The molecule has 0 aliphatic rings. The van der Waals surface area contributed by atoms with Crippen LogP contribution in [-0.4, -0.2) is 35.4 Å². The number of hydrogen-bond acceptors (Lipinski definition) is 5. The first-order chi connectivity index (χ1) is 19.5. The maximum absolute atomic E-state index is 12.5. The Hall–Kier alpha value is -1.10. The second kappa shape index (κ2) is 29.4. The van der Waals surface area contributed by atoms with Gasteiger partial charge in [0.1, 0.15) is 12.2 Å². The van der Waals surface area contributed by atoms with E-state index in [1.807, 2.05) is 0 Å². The standard InChI is InChI=1S/C35H68O5/c1-5-9-13-15-19-27-33(28-20-16-14-10-6-2)40-35(38)30-22-24-31(36)23-21-29-34(37)39-32(25-17-11-7-3)26-18-12-8-4/h31-33,36H,5-30H2,1-4H3. The Labute approximate surface area is 248 Å². The van der Waals surface area contributed by atoms with Crippen LogP contribution in [0.2, 0.25) is 0 Å². The highest BCUT2D eigenvalue weighted by molar-refractivity contribution is 5.69. The highest BCUT2D eigenvalue weighted by atomic mass is 16.5. The Balaban J connectivity index is 4.24. The molecule has 0 heterocycles. The summed E-state index contributed by atoms with van der Waals surface area (Å²) in [5.41, 5.74) is 0. The van der Waals surface area contributed by atoms with Crippen molar-refractivity contribution >= 4 is 11.9 Å². The molecule has 0 aromatic heterocycles. The van der Waals surface area contributed by atoms with Crippen LogP contribution in [0.25, 0.3) is 0 Å². The van der Waals surface area contributed by atoms with Gasteiger partial charge in [-0.3, -0.25) is 9.59 Å². The van der Waals surface area contributed by atoms with Crippen molar-refractivity contribution in [1.29, 1.82) is 0 Å². The third-order valence-electron chi connectivity index (χ3n) is 7.95. The van der Waals surface area contributed by atoms with E-state index in [0.717, 1.165) is 51.4 Å². The summed E-state index contributed by atoms with van der Waals surface area (Å²) in [7, 11) is 0. The maximum atomic E-state index is 12.5. The van der Waals surface area contributed by atoms with E-state index in [-0.39, 0.29) is 24.1 Å². The molecule has 0 aromatic carbocycles. The Morgan fingerprint density at radius 2 is 0.750 bits per heavy atom. The zero-order chi connectivity index (χ0) is 29.7. The molecule has 0 radical (unpaired) electrons. The van der Waals surface area contributed by atoms with E-state index in [4.69, 9.17) is 9.47 Å². The zero-order valence-corrected chi connectivity index (χ0v) is 27.2. The molecule has 40 heavy (non-hydrogen) atoms. The average molecular weight is 569 g/mol. The van der Waals surface area contributed by atoms with Crippen LogP contribution < -0.4 is 0 Å². The minimum Gasteiger partial charge on any atom is -0.462 e. The van der Waals surface area contributed by atoms with Crippen molar-refractivity contribution in [1.82, 2.24) is 0 Å². The smallest absolute Gasteiger partial charge is 0.306 e. The molecule has 0 saturated heterocycles. The van der Waals surface area contributed by atoms with Gasteiger partial charge in [0.2, 0.25) is 0 Å². The molecule has 0 amide bonds. The SMILES string of the molecule is CCCCCCCC(CCCCCCC)OC(=O)CCCC(O)CCCC(=O)OC(CCCCC)CCCCC. The van der Waals surface area contributed by atoms with Gasteiger partial charge in [-0.25, -0.2) is 0 Å². The molecular weight excluding hydrogens is 500 g/mol. The molecule has 1 N–H and O–H groups in total. The van der Waals surface area contributed by atoms with Gasteiger partial charge in [-0.2, -0.15) is 0 Å².